The molecule has 0 amide bonds. The van der Waals surface area contributed by atoms with E-state index in [1.807, 2.05) is 12.1 Å². The number of alkyl halides is 3. The summed E-state index contributed by atoms with van der Waals surface area (Å²) < 4.78 is 76.7. The second-order valence-electron chi connectivity index (χ2n) is 8.57. The highest BCUT2D eigenvalue weighted by molar-refractivity contribution is 7.92. The number of ether oxygens (including phenoxy) is 1. The molecule has 4 aromatic rings. The number of hydrogen-bond donors (Lipinski definition) is 1. The molecule has 0 spiro atoms. The minimum absolute atomic E-state index is 0.0205. The maximum absolute atomic E-state index is 12.8. The van der Waals surface area contributed by atoms with Crippen LogP contribution in [0.2, 0.25) is 0 Å². The molecule has 198 valence electrons. The van der Waals surface area contributed by atoms with Crippen LogP contribution in [0.25, 0.3) is 0 Å². The first kappa shape index (κ1) is 26.9. The van der Waals surface area contributed by atoms with Crippen LogP contribution in [0.1, 0.15) is 41.6 Å². The fraction of sp³-hybridized carbons (Fsp3) is 0.185. The van der Waals surface area contributed by atoms with E-state index in [-0.39, 0.29) is 35.3 Å². The Labute approximate surface area is 217 Å². The third kappa shape index (κ3) is 6.80. The maximum atomic E-state index is 12.8. The molecule has 0 fully saturated rings. The van der Waals surface area contributed by atoms with Crippen LogP contribution in [0.5, 0.6) is 5.75 Å². The number of ketones is 1. The number of hydrogen-bond acceptors (Lipinski definition) is 6. The highest BCUT2D eigenvalue weighted by Crippen LogP contribution is 2.31. The van der Waals surface area contributed by atoms with Gasteiger partial charge in [0.05, 0.1) is 16.2 Å². The Bertz CT molecular complexity index is 1490. The first-order valence-electron chi connectivity index (χ1n) is 11.4. The average molecular weight is 545 g/mol. The lowest BCUT2D eigenvalue weighted by molar-refractivity contribution is -0.137. The smallest absolute Gasteiger partial charge is 0.416 e. The highest BCUT2D eigenvalue weighted by atomic mass is 32.2. The summed E-state index contributed by atoms with van der Waals surface area (Å²) in [6.07, 6.45) is -2.82. The summed E-state index contributed by atoms with van der Waals surface area (Å²) in [5, 5.41) is 3.96. The van der Waals surface area contributed by atoms with Gasteiger partial charge in [-0.3, -0.25) is 9.52 Å². The minimum Gasteiger partial charge on any atom is -0.489 e. The molecule has 0 unspecified atom stereocenters. The molecule has 11 heteroatoms. The lowest BCUT2D eigenvalue weighted by Gasteiger charge is -2.14. The molecule has 0 saturated carbocycles. The number of Topliss-reactive ketones (excluding diaryl/α,β-unsaturated/α-hetero) is 1. The van der Waals surface area contributed by atoms with Gasteiger partial charge in [0.2, 0.25) is 0 Å². The molecule has 0 bridgehead atoms. The van der Waals surface area contributed by atoms with Gasteiger partial charge in [0.25, 0.3) is 10.0 Å². The molecule has 0 radical (unpaired) electrons. The normalized spacial score (nSPS) is 12.6. The van der Waals surface area contributed by atoms with Gasteiger partial charge in [-0.05, 0) is 66.6 Å². The van der Waals surface area contributed by atoms with Crippen molar-refractivity contribution in [3.05, 3.63) is 108 Å². The van der Waals surface area contributed by atoms with Crippen LogP contribution in [0.4, 0.5) is 18.9 Å². The third-order valence-corrected chi connectivity index (χ3v) is 7.06. The first-order chi connectivity index (χ1) is 18.0. The Hall–Kier alpha value is -4.12. The molecule has 3 aromatic carbocycles. The Balaban J connectivity index is 1.41. The van der Waals surface area contributed by atoms with Gasteiger partial charge in [-0.1, -0.05) is 29.4 Å². The summed E-state index contributed by atoms with van der Waals surface area (Å²) in [7, 11) is -4.09. The molecule has 1 N–H and O–H groups in total. The molecule has 4 rings (SSSR count). The van der Waals surface area contributed by atoms with E-state index in [0.717, 1.165) is 29.8 Å². The molecule has 0 aliphatic rings. The van der Waals surface area contributed by atoms with Gasteiger partial charge in [0.1, 0.15) is 24.4 Å². The molecule has 0 aliphatic heterocycles. The van der Waals surface area contributed by atoms with Crippen molar-refractivity contribution in [2.45, 2.75) is 36.9 Å². The number of benzene rings is 3. The zero-order chi connectivity index (χ0) is 27.3. The monoisotopic (exact) mass is 544 g/mol. The number of anilines is 1. The van der Waals surface area contributed by atoms with E-state index in [2.05, 4.69) is 9.88 Å². The minimum atomic E-state index is -4.56. The average Bonchev–Trinajstić information content (AvgIpc) is 3.41. The van der Waals surface area contributed by atoms with E-state index in [1.54, 1.807) is 36.4 Å². The molecule has 0 saturated heterocycles. The summed E-state index contributed by atoms with van der Waals surface area (Å²) in [6.45, 7) is 1.65. The molecule has 1 heterocycles. The Morgan fingerprint density at radius 1 is 1.03 bits per heavy atom. The summed E-state index contributed by atoms with van der Waals surface area (Å²) >= 11 is 0. The third-order valence-electron chi connectivity index (χ3n) is 5.67. The van der Waals surface area contributed by atoms with Crippen LogP contribution in [-0.2, 0) is 27.6 Å². The van der Waals surface area contributed by atoms with Crippen molar-refractivity contribution in [1.82, 2.24) is 5.16 Å². The van der Waals surface area contributed by atoms with Crippen LogP contribution in [-0.4, -0.2) is 19.4 Å². The topological polar surface area (TPSA) is 98.5 Å². The fourth-order valence-corrected chi connectivity index (χ4v) is 4.86. The Morgan fingerprint density at radius 3 is 2.34 bits per heavy atom. The molecule has 7 nitrogen and oxygen atoms in total. The van der Waals surface area contributed by atoms with Gasteiger partial charge in [-0.25, -0.2) is 8.42 Å². The van der Waals surface area contributed by atoms with Crippen LogP contribution in [0, 0.1) is 0 Å². The number of nitrogens with one attached hydrogen (secondary N) is 1. The standard InChI is InChI=1S/C27H23F3N2O5S/c1-18(33)15-25(26-13-14-37-31-26)20-5-9-23(10-6-20)36-17-19-3-2-4-22(16-19)32-38(34,35)24-11-7-21(8-12-24)27(28,29)30/h2-14,16,25,32H,15,17H2,1H3/t25-/m0/s1. The van der Waals surface area contributed by atoms with E-state index in [0.29, 0.717) is 17.0 Å². The summed E-state index contributed by atoms with van der Waals surface area (Å²) in [6, 6.07) is 18.7. The van der Waals surface area contributed by atoms with Crippen LogP contribution in [0.3, 0.4) is 0 Å². The van der Waals surface area contributed by atoms with Crippen molar-refractivity contribution >= 4 is 21.5 Å². The number of carbonyl (C=O) groups is 1. The van der Waals surface area contributed by atoms with Crippen molar-refractivity contribution in [1.29, 1.82) is 0 Å². The molecular weight excluding hydrogens is 521 g/mol. The summed E-state index contributed by atoms with van der Waals surface area (Å²) in [4.78, 5) is 11.4. The summed E-state index contributed by atoms with van der Waals surface area (Å²) in [5.74, 6) is 0.341. The van der Waals surface area contributed by atoms with Crippen molar-refractivity contribution in [2.75, 3.05) is 4.72 Å². The van der Waals surface area contributed by atoms with Gasteiger partial charge < -0.3 is 9.26 Å². The largest absolute Gasteiger partial charge is 0.489 e. The lowest BCUT2D eigenvalue weighted by Crippen LogP contribution is -2.14. The predicted molar refractivity (Wildman–Crippen MR) is 133 cm³/mol. The van der Waals surface area contributed by atoms with E-state index >= 15 is 0 Å². The van der Waals surface area contributed by atoms with Crippen LogP contribution in [0.15, 0.2) is 94.5 Å². The lowest BCUT2D eigenvalue weighted by atomic mass is 9.91. The molecule has 1 atom stereocenters. The van der Waals surface area contributed by atoms with Crippen LogP contribution >= 0.6 is 0 Å². The molecule has 38 heavy (non-hydrogen) atoms. The van der Waals surface area contributed by atoms with E-state index < -0.39 is 21.8 Å². The number of nitrogens with zero attached hydrogens (tertiary/aromatic N) is 1. The predicted octanol–water partition coefficient (Wildman–Crippen LogP) is 6.18. The molecule has 1 aromatic heterocycles. The van der Waals surface area contributed by atoms with Crippen molar-refractivity contribution in [3.63, 3.8) is 0 Å². The second kappa shape index (κ2) is 11.1. The van der Waals surface area contributed by atoms with E-state index in [4.69, 9.17) is 9.26 Å². The van der Waals surface area contributed by atoms with E-state index in [9.17, 15) is 26.4 Å². The first-order valence-corrected chi connectivity index (χ1v) is 12.9. The van der Waals surface area contributed by atoms with Gasteiger partial charge in [-0.2, -0.15) is 13.2 Å². The quantitative estimate of drug-likeness (QED) is 0.256. The zero-order valence-corrected chi connectivity index (χ0v) is 20.9. The second-order valence-corrected chi connectivity index (χ2v) is 10.3. The number of sulfonamides is 1. The zero-order valence-electron chi connectivity index (χ0n) is 20.1. The fourth-order valence-electron chi connectivity index (χ4n) is 3.81. The van der Waals surface area contributed by atoms with Gasteiger partial charge in [0.15, 0.2) is 0 Å². The summed E-state index contributed by atoms with van der Waals surface area (Å²) in [5.41, 5.74) is 1.50. The Kier molecular flexibility index (Phi) is 7.86. The van der Waals surface area contributed by atoms with Crippen molar-refractivity contribution < 1.29 is 35.6 Å². The Morgan fingerprint density at radius 2 is 1.74 bits per heavy atom. The van der Waals surface area contributed by atoms with Crippen LogP contribution < -0.4 is 9.46 Å². The number of rotatable bonds is 10. The van der Waals surface area contributed by atoms with E-state index in [1.165, 1.54) is 19.3 Å². The molecule has 0 aliphatic carbocycles. The number of aromatic nitrogens is 1. The number of halogens is 3. The van der Waals surface area contributed by atoms with Gasteiger partial charge in [-0.15, -0.1) is 0 Å². The highest BCUT2D eigenvalue weighted by Gasteiger charge is 2.30. The van der Waals surface area contributed by atoms with Gasteiger partial charge in [0, 0.05) is 24.1 Å². The van der Waals surface area contributed by atoms with Crippen molar-refractivity contribution in [3.8, 4) is 5.75 Å². The van der Waals surface area contributed by atoms with Crippen molar-refractivity contribution in [2.24, 2.45) is 0 Å². The van der Waals surface area contributed by atoms with Gasteiger partial charge >= 0.3 is 6.18 Å². The SMILES string of the molecule is CC(=O)C[C@@H](c1ccc(OCc2cccc(NS(=O)(=O)c3ccc(C(F)(F)F)cc3)c2)cc1)c1ccon1. The maximum Gasteiger partial charge on any atom is 0.416 e. The number of carbonyl (C=O) groups excluding carboxylic acids is 1. The molecular formula is C27H23F3N2O5S.